The molecular weight excluding hydrogens is 493 g/mol. The Kier molecular flexibility index (Phi) is 6.53. The number of rotatable bonds is 5. The van der Waals surface area contributed by atoms with E-state index in [1.54, 1.807) is 23.1 Å². The molecule has 11 heteroatoms. The highest BCUT2D eigenvalue weighted by Gasteiger charge is 2.32. The van der Waals surface area contributed by atoms with E-state index >= 15 is 0 Å². The number of likely N-dealkylation sites (tertiary alicyclic amines) is 1. The molecule has 1 saturated heterocycles. The van der Waals surface area contributed by atoms with Gasteiger partial charge < -0.3 is 19.7 Å². The van der Waals surface area contributed by atoms with E-state index < -0.39 is 0 Å². The molecule has 0 spiro atoms. The van der Waals surface area contributed by atoms with E-state index in [1.807, 2.05) is 12.1 Å². The van der Waals surface area contributed by atoms with Crippen molar-refractivity contribution >= 4 is 35.0 Å². The van der Waals surface area contributed by atoms with Gasteiger partial charge in [0.25, 0.3) is 5.91 Å². The Morgan fingerprint density at radius 1 is 1.20 bits per heavy atom. The molecule has 1 atom stereocenters. The van der Waals surface area contributed by atoms with Crippen molar-refractivity contribution in [1.29, 1.82) is 0 Å². The van der Waals surface area contributed by atoms with Gasteiger partial charge in [-0.3, -0.25) is 14.7 Å². The van der Waals surface area contributed by atoms with Crippen LogP contribution in [0.3, 0.4) is 0 Å². The number of aromatic amines is 1. The molecule has 2 N–H and O–H groups in total. The molecule has 2 amide bonds. The Bertz CT molecular complexity index is 1270. The zero-order valence-electron chi connectivity index (χ0n) is 18.9. The Balaban J connectivity index is 1.19. The van der Waals surface area contributed by atoms with E-state index in [0.29, 0.717) is 59.7 Å². The van der Waals surface area contributed by atoms with Crippen LogP contribution in [-0.4, -0.2) is 58.7 Å². The summed E-state index contributed by atoms with van der Waals surface area (Å²) in [6, 6.07) is 8.51. The van der Waals surface area contributed by atoms with E-state index in [-0.39, 0.29) is 29.5 Å². The molecule has 1 fully saturated rings. The van der Waals surface area contributed by atoms with Crippen LogP contribution in [0.2, 0.25) is 10.0 Å². The summed E-state index contributed by atoms with van der Waals surface area (Å²) in [7, 11) is 1.52. The highest BCUT2D eigenvalue weighted by atomic mass is 35.5. The number of amides is 2. The Labute approximate surface area is 211 Å². The maximum atomic E-state index is 13.0. The zero-order chi connectivity index (χ0) is 24.5. The molecule has 35 heavy (non-hydrogen) atoms. The minimum absolute atomic E-state index is 0.0399. The number of pyridine rings is 1. The number of hydrogen-bond donors (Lipinski definition) is 2. The lowest BCUT2D eigenvalue weighted by Gasteiger charge is -2.31. The summed E-state index contributed by atoms with van der Waals surface area (Å²) in [5.74, 6) is 0.728. The van der Waals surface area contributed by atoms with Gasteiger partial charge in [0, 0.05) is 41.2 Å². The number of aromatic nitrogens is 3. The fraction of sp³-hybridized carbons (Fsp3) is 0.333. The van der Waals surface area contributed by atoms with Crippen molar-refractivity contribution in [2.45, 2.75) is 18.9 Å². The predicted octanol–water partition coefficient (Wildman–Crippen LogP) is 3.89. The third-order valence-electron chi connectivity index (χ3n) is 6.35. The van der Waals surface area contributed by atoms with Gasteiger partial charge in [0.1, 0.15) is 12.4 Å². The van der Waals surface area contributed by atoms with Crippen LogP contribution in [-0.2, 0) is 4.79 Å². The van der Waals surface area contributed by atoms with Gasteiger partial charge in [-0.25, -0.2) is 4.98 Å². The molecule has 0 bridgehead atoms. The summed E-state index contributed by atoms with van der Waals surface area (Å²) in [4.78, 5) is 31.7. The summed E-state index contributed by atoms with van der Waals surface area (Å²) >= 11 is 12.4. The lowest BCUT2D eigenvalue weighted by atomic mass is 9.95. The number of benzene rings is 1. The number of nitrogens with one attached hydrogen (secondary N) is 2. The third kappa shape index (κ3) is 4.78. The van der Waals surface area contributed by atoms with Gasteiger partial charge in [0.2, 0.25) is 11.8 Å². The number of halogens is 2. The fourth-order valence-corrected chi connectivity index (χ4v) is 4.79. The van der Waals surface area contributed by atoms with Crippen molar-refractivity contribution < 1.29 is 19.1 Å². The molecule has 1 aromatic carbocycles. The van der Waals surface area contributed by atoms with Crippen LogP contribution in [0.1, 0.15) is 34.9 Å². The average Bonchev–Trinajstić information content (AvgIpc) is 3.51. The van der Waals surface area contributed by atoms with Gasteiger partial charge in [0.05, 0.1) is 30.1 Å². The van der Waals surface area contributed by atoms with Crippen molar-refractivity contribution in [2.75, 3.05) is 26.8 Å². The van der Waals surface area contributed by atoms with Gasteiger partial charge in [0.15, 0.2) is 5.69 Å². The first-order valence-electron chi connectivity index (χ1n) is 11.2. The summed E-state index contributed by atoms with van der Waals surface area (Å²) in [6.45, 7) is 1.31. The fourth-order valence-electron chi connectivity index (χ4n) is 4.41. The number of hydrogen-bond acceptors (Lipinski definition) is 6. The van der Waals surface area contributed by atoms with Crippen LogP contribution in [0.25, 0.3) is 11.3 Å². The molecule has 3 aromatic rings. The molecule has 0 radical (unpaired) electrons. The largest absolute Gasteiger partial charge is 0.491 e. The Morgan fingerprint density at radius 2 is 2.00 bits per heavy atom. The minimum Gasteiger partial charge on any atom is -0.491 e. The number of carbonyl (C=O) groups is 2. The third-order valence-corrected chi connectivity index (χ3v) is 6.89. The number of ether oxygens (including phenoxy) is 2. The molecule has 1 unspecified atom stereocenters. The standard InChI is InChI=1S/C24H23Cl2N5O4/c1-34-22-9-15(17(26)11-27-22)18-10-19(30-29-18)24(33)31-6-4-13(5-7-31)23(32)28-20-12-35-21-3-2-14(25)8-16(20)21/h2-3,8-11,13,20H,4-7,12H2,1H3,(H,28,32)(H,29,30). The summed E-state index contributed by atoms with van der Waals surface area (Å²) in [5.41, 5.74) is 2.40. The number of nitrogens with zero attached hydrogens (tertiary/aromatic N) is 3. The van der Waals surface area contributed by atoms with Gasteiger partial charge in [-0.1, -0.05) is 23.2 Å². The lowest BCUT2D eigenvalue weighted by Crippen LogP contribution is -2.44. The highest BCUT2D eigenvalue weighted by molar-refractivity contribution is 6.33. The molecule has 182 valence electrons. The van der Waals surface area contributed by atoms with Crippen molar-refractivity contribution in [3.8, 4) is 22.9 Å². The molecule has 9 nitrogen and oxygen atoms in total. The topological polar surface area (TPSA) is 109 Å². The van der Waals surface area contributed by atoms with E-state index in [2.05, 4.69) is 20.5 Å². The smallest absolute Gasteiger partial charge is 0.274 e. The maximum absolute atomic E-state index is 13.0. The van der Waals surface area contributed by atoms with Crippen LogP contribution in [0, 0.1) is 5.92 Å². The zero-order valence-corrected chi connectivity index (χ0v) is 20.4. The van der Waals surface area contributed by atoms with Crippen molar-refractivity contribution in [3.05, 3.63) is 57.8 Å². The first-order chi connectivity index (χ1) is 16.9. The van der Waals surface area contributed by atoms with Crippen LogP contribution >= 0.6 is 23.2 Å². The molecule has 2 aliphatic rings. The normalized spacial score (nSPS) is 17.6. The second-order valence-electron chi connectivity index (χ2n) is 8.49. The average molecular weight is 516 g/mol. The first-order valence-corrected chi connectivity index (χ1v) is 12.0. The van der Waals surface area contributed by atoms with Crippen molar-refractivity contribution in [3.63, 3.8) is 0 Å². The Hall–Kier alpha value is -3.30. The second kappa shape index (κ2) is 9.75. The van der Waals surface area contributed by atoms with Crippen molar-refractivity contribution in [2.24, 2.45) is 5.92 Å². The summed E-state index contributed by atoms with van der Waals surface area (Å²) < 4.78 is 10.8. The summed E-state index contributed by atoms with van der Waals surface area (Å²) in [5, 5.41) is 11.1. The maximum Gasteiger partial charge on any atom is 0.274 e. The van der Waals surface area contributed by atoms with E-state index in [1.165, 1.54) is 13.3 Å². The van der Waals surface area contributed by atoms with Crippen LogP contribution in [0.5, 0.6) is 11.6 Å². The molecule has 0 saturated carbocycles. The Morgan fingerprint density at radius 3 is 2.77 bits per heavy atom. The van der Waals surface area contributed by atoms with E-state index in [9.17, 15) is 9.59 Å². The molecule has 4 heterocycles. The number of piperidine rings is 1. The lowest BCUT2D eigenvalue weighted by molar-refractivity contribution is -0.127. The predicted molar refractivity (Wildman–Crippen MR) is 130 cm³/mol. The van der Waals surface area contributed by atoms with Crippen molar-refractivity contribution in [1.82, 2.24) is 25.4 Å². The van der Waals surface area contributed by atoms with Crippen LogP contribution < -0.4 is 14.8 Å². The van der Waals surface area contributed by atoms with Crippen LogP contribution in [0.4, 0.5) is 0 Å². The molecule has 2 aliphatic heterocycles. The number of methoxy groups -OCH3 is 1. The SMILES string of the molecule is COc1cc(-c2cc(C(=O)N3CCC(C(=O)NC4COc5ccc(Cl)cc54)CC3)n[nH]2)c(Cl)cn1. The molecule has 5 rings (SSSR count). The van der Waals surface area contributed by atoms with Gasteiger partial charge in [-0.15, -0.1) is 0 Å². The highest BCUT2D eigenvalue weighted by Crippen LogP contribution is 2.35. The number of carbonyl (C=O) groups excluding carboxylic acids is 2. The monoisotopic (exact) mass is 515 g/mol. The number of H-pyrrole nitrogens is 1. The van der Waals surface area contributed by atoms with Crippen LogP contribution in [0.15, 0.2) is 36.5 Å². The second-order valence-corrected chi connectivity index (χ2v) is 9.34. The van der Waals surface area contributed by atoms with Gasteiger partial charge >= 0.3 is 0 Å². The number of fused-ring (bicyclic) bond motifs is 1. The van der Waals surface area contributed by atoms with Gasteiger partial charge in [-0.2, -0.15) is 5.10 Å². The minimum atomic E-state index is -0.225. The quantitative estimate of drug-likeness (QED) is 0.533. The van der Waals surface area contributed by atoms with E-state index in [4.69, 9.17) is 32.7 Å². The molecule has 2 aromatic heterocycles. The molecular formula is C24H23Cl2N5O4. The molecule has 0 aliphatic carbocycles. The first kappa shape index (κ1) is 23.4. The summed E-state index contributed by atoms with van der Waals surface area (Å²) in [6.07, 6.45) is 2.62. The van der Waals surface area contributed by atoms with E-state index in [0.717, 1.165) is 11.3 Å². The van der Waals surface area contributed by atoms with Gasteiger partial charge in [-0.05, 0) is 37.1 Å².